The molecular weight excluding hydrogens is 421 g/mol. The molecule has 0 bridgehead atoms. The van der Waals surface area contributed by atoms with Crippen LogP contribution in [0.4, 0.5) is 15.1 Å². The zero-order valence-electron chi connectivity index (χ0n) is 17.5. The minimum atomic E-state index is -1.01. The van der Waals surface area contributed by atoms with Crippen LogP contribution >= 0.6 is 0 Å². The zero-order chi connectivity index (χ0) is 23.1. The van der Waals surface area contributed by atoms with E-state index in [0.29, 0.717) is 37.7 Å². The van der Waals surface area contributed by atoms with Crippen molar-refractivity contribution in [3.63, 3.8) is 0 Å². The molecular formula is C20H24FN7O4. The Labute approximate surface area is 183 Å². The second-order valence-corrected chi connectivity index (χ2v) is 6.94. The number of amides is 2. The van der Waals surface area contributed by atoms with Gasteiger partial charge in [-0.15, -0.1) is 4.99 Å². The van der Waals surface area contributed by atoms with Crippen molar-refractivity contribution in [3.05, 3.63) is 42.0 Å². The van der Waals surface area contributed by atoms with Gasteiger partial charge in [-0.1, -0.05) is 18.2 Å². The number of halogens is 1. The fourth-order valence-electron chi connectivity index (χ4n) is 3.19. The van der Waals surface area contributed by atoms with E-state index in [1.807, 2.05) is 4.90 Å². The number of nitrogens with two attached hydrogens (primary N) is 2. The van der Waals surface area contributed by atoms with Crippen molar-refractivity contribution in [2.45, 2.75) is 6.61 Å². The molecule has 32 heavy (non-hydrogen) atoms. The maximum Gasteiger partial charge on any atom is 0.437 e. The number of anilines is 1. The number of methoxy groups -OCH3 is 1. The average molecular weight is 445 g/mol. The van der Waals surface area contributed by atoms with Crippen LogP contribution in [0.25, 0.3) is 11.1 Å². The number of piperazine rings is 1. The van der Waals surface area contributed by atoms with E-state index in [-0.39, 0.29) is 30.2 Å². The predicted octanol–water partition coefficient (Wildman–Crippen LogP) is 0.488. The maximum absolute atomic E-state index is 14.9. The molecule has 1 aliphatic heterocycles. The van der Waals surface area contributed by atoms with E-state index >= 15 is 0 Å². The molecule has 170 valence electrons. The normalized spacial score (nSPS) is 13.6. The summed E-state index contributed by atoms with van der Waals surface area (Å²) in [4.78, 5) is 38.9. The molecule has 4 N–H and O–H groups in total. The van der Waals surface area contributed by atoms with Gasteiger partial charge in [0.2, 0.25) is 11.9 Å². The number of aromatic nitrogens is 2. The largest absolute Gasteiger partial charge is 0.443 e. The number of hydrogen-bond donors (Lipinski definition) is 2. The number of hydrogen-bond acceptors (Lipinski definition) is 7. The van der Waals surface area contributed by atoms with E-state index in [1.54, 1.807) is 17.0 Å². The smallest absolute Gasteiger partial charge is 0.437 e. The lowest BCUT2D eigenvalue weighted by Gasteiger charge is -2.34. The molecule has 0 unspecified atom stereocenters. The quantitative estimate of drug-likeness (QED) is 0.478. The average Bonchev–Trinajstić information content (AvgIpc) is 2.78. The predicted molar refractivity (Wildman–Crippen MR) is 114 cm³/mol. The first kappa shape index (κ1) is 22.9. The molecule has 1 aliphatic rings. The molecule has 0 atom stereocenters. The molecule has 0 saturated carbocycles. The number of aliphatic imine (C=N–C) groups is 1. The lowest BCUT2D eigenvalue weighted by Crippen LogP contribution is -2.50. The van der Waals surface area contributed by atoms with Crippen LogP contribution in [-0.4, -0.2) is 72.7 Å². The summed E-state index contributed by atoms with van der Waals surface area (Å²) in [5.41, 5.74) is 11.1. The molecule has 3 rings (SSSR count). The lowest BCUT2D eigenvalue weighted by molar-refractivity contribution is -0.135. The zero-order valence-corrected chi connectivity index (χ0v) is 17.5. The Kier molecular flexibility index (Phi) is 7.49. The monoisotopic (exact) mass is 445 g/mol. The lowest BCUT2D eigenvalue weighted by atomic mass is 10.1. The molecule has 2 amide bonds. The summed E-state index contributed by atoms with van der Waals surface area (Å²) in [5, 5.41) is 0. The Morgan fingerprint density at radius 3 is 2.47 bits per heavy atom. The third-order valence-corrected chi connectivity index (χ3v) is 4.78. The van der Waals surface area contributed by atoms with Crippen molar-refractivity contribution in [2.75, 3.05) is 44.8 Å². The summed E-state index contributed by atoms with van der Waals surface area (Å²) in [6.07, 6.45) is 2.04. The van der Waals surface area contributed by atoms with Crippen molar-refractivity contribution in [3.8, 4) is 11.1 Å². The molecule has 1 aromatic heterocycles. The van der Waals surface area contributed by atoms with E-state index in [4.69, 9.17) is 20.9 Å². The van der Waals surface area contributed by atoms with Gasteiger partial charge in [-0.25, -0.2) is 19.2 Å². The number of ether oxygens (including phenoxy) is 2. The van der Waals surface area contributed by atoms with Crippen LogP contribution in [0.5, 0.6) is 0 Å². The summed E-state index contributed by atoms with van der Waals surface area (Å²) >= 11 is 0. The van der Waals surface area contributed by atoms with Crippen LogP contribution in [0.15, 0.2) is 35.6 Å². The van der Waals surface area contributed by atoms with Crippen molar-refractivity contribution >= 4 is 23.9 Å². The topological polar surface area (TPSA) is 149 Å². The Morgan fingerprint density at radius 1 is 1.16 bits per heavy atom. The number of rotatable bonds is 6. The van der Waals surface area contributed by atoms with Gasteiger partial charge in [-0.3, -0.25) is 4.79 Å². The Bertz CT molecular complexity index is 988. The maximum atomic E-state index is 14.9. The first-order valence-corrected chi connectivity index (χ1v) is 9.77. The highest BCUT2D eigenvalue weighted by molar-refractivity contribution is 5.87. The van der Waals surface area contributed by atoms with Crippen LogP contribution < -0.4 is 16.4 Å². The van der Waals surface area contributed by atoms with Gasteiger partial charge in [-0.05, 0) is 0 Å². The number of guanidine groups is 1. The van der Waals surface area contributed by atoms with Gasteiger partial charge in [-0.2, -0.15) is 0 Å². The summed E-state index contributed by atoms with van der Waals surface area (Å²) in [6.45, 7) is 1.98. The SMILES string of the molecule is COCC(=O)N1CCN(c2ncc(-c3cccc(COC(=O)N=C(N)N)c3F)cn2)CC1. The molecule has 1 fully saturated rings. The molecule has 0 radical (unpaired) electrons. The van der Waals surface area contributed by atoms with Gasteiger partial charge in [0.15, 0.2) is 5.96 Å². The highest BCUT2D eigenvalue weighted by atomic mass is 19.1. The molecule has 11 nitrogen and oxygen atoms in total. The van der Waals surface area contributed by atoms with Crippen molar-refractivity contribution < 1.29 is 23.5 Å². The van der Waals surface area contributed by atoms with Crippen LogP contribution in [0.2, 0.25) is 0 Å². The first-order chi connectivity index (χ1) is 15.4. The van der Waals surface area contributed by atoms with Gasteiger partial charge in [0.1, 0.15) is 19.0 Å². The Morgan fingerprint density at radius 2 is 1.84 bits per heavy atom. The van der Waals surface area contributed by atoms with E-state index in [0.717, 1.165) is 0 Å². The van der Waals surface area contributed by atoms with Crippen LogP contribution in [-0.2, 0) is 20.9 Å². The van der Waals surface area contributed by atoms with Gasteiger partial charge in [0.05, 0.1) is 0 Å². The highest BCUT2D eigenvalue weighted by Crippen LogP contribution is 2.25. The Balaban J connectivity index is 1.66. The van der Waals surface area contributed by atoms with Gasteiger partial charge < -0.3 is 30.7 Å². The van der Waals surface area contributed by atoms with E-state index in [9.17, 15) is 14.0 Å². The summed E-state index contributed by atoms with van der Waals surface area (Å²) in [5.74, 6) is -0.561. The highest BCUT2D eigenvalue weighted by Gasteiger charge is 2.22. The minimum Gasteiger partial charge on any atom is -0.443 e. The third kappa shape index (κ3) is 5.66. The summed E-state index contributed by atoms with van der Waals surface area (Å²) in [7, 11) is 1.49. The third-order valence-electron chi connectivity index (χ3n) is 4.78. The summed E-state index contributed by atoms with van der Waals surface area (Å²) < 4.78 is 24.7. The molecule has 2 aromatic rings. The van der Waals surface area contributed by atoms with Gasteiger partial charge in [0, 0.05) is 62.4 Å². The van der Waals surface area contributed by atoms with Crippen molar-refractivity contribution in [1.82, 2.24) is 14.9 Å². The molecule has 0 aliphatic carbocycles. The Hall–Kier alpha value is -3.80. The standard InChI is InChI=1S/C20H24FN7O4/c1-31-12-16(29)27-5-7-28(8-6-27)19-24-9-14(10-25-19)15-4-2-3-13(17(15)21)11-32-20(30)26-18(22)23/h2-4,9-10H,5-8,11-12H2,1H3,(H4,22,23,26,30). The van der Waals surface area contributed by atoms with Crippen LogP contribution in [0.1, 0.15) is 5.56 Å². The number of carbonyl (C=O) groups is 2. The molecule has 1 aromatic carbocycles. The summed E-state index contributed by atoms with van der Waals surface area (Å²) in [6, 6.07) is 4.70. The van der Waals surface area contributed by atoms with Gasteiger partial charge in [0.25, 0.3) is 0 Å². The van der Waals surface area contributed by atoms with Gasteiger partial charge >= 0.3 is 6.09 Å². The number of nitrogens with zero attached hydrogens (tertiary/aromatic N) is 5. The van der Waals surface area contributed by atoms with Crippen LogP contribution in [0, 0.1) is 5.82 Å². The second kappa shape index (κ2) is 10.5. The first-order valence-electron chi connectivity index (χ1n) is 9.77. The van der Waals surface area contributed by atoms with E-state index in [2.05, 4.69) is 15.0 Å². The van der Waals surface area contributed by atoms with E-state index in [1.165, 1.54) is 25.6 Å². The fourth-order valence-corrected chi connectivity index (χ4v) is 3.19. The molecule has 2 heterocycles. The van der Waals surface area contributed by atoms with Crippen molar-refractivity contribution in [2.24, 2.45) is 16.5 Å². The van der Waals surface area contributed by atoms with E-state index < -0.39 is 17.9 Å². The molecule has 0 spiro atoms. The fraction of sp³-hybridized carbons (Fsp3) is 0.350. The number of carbonyl (C=O) groups excluding carboxylic acids is 2. The molecule has 1 saturated heterocycles. The minimum absolute atomic E-state index is 0.0530. The molecule has 12 heteroatoms. The second-order valence-electron chi connectivity index (χ2n) is 6.94. The number of benzene rings is 1. The van der Waals surface area contributed by atoms with Crippen molar-refractivity contribution in [1.29, 1.82) is 0 Å². The van der Waals surface area contributed by atoms with Crippen LogP contribution in [0.3, 0.4) is 0 Å².